The highest BCUT2D eigenvalue weighted by Gasteiger charge is 2.48. The summed E-state index contributed by atoms with van der Waals surface area (Å²) in [5.41, 5.74) is -1.17. The maximum absolute atomic E-state index is 13.7. The van der Waals surface area contributed by atoms with Crippen LogP contribution in [0.25, 0.3) is 0 Å². The molecule has 2 nitrogen and oxygen atoms in total. The number of alkyl halides is 1. The molecule has 2 aliphatic rings. The van der Waals surface area contributed by atoms with Crippen molar-refractivity contribution in [3.8, 4) is 0 Å². The fraction of sp³-hybridized carbons (Fsp3) is 1.00. The van der Waals surface area contributed by atoms with Crippen LogP contribution in [-0.2, 0) is 4.74 Å². The second kappa shape index (κ2) is 3.78. The lowest BCUT2D eigenvalue weighted by Gasteiger charge is -2.32. The van der Waals surface area contributed by atoms with Crippen molar-refractivity contribution in [3.05, 3.63) is 0 Å². The number of hydrogen-bond donors (Lipinski definition) is 0. The number of ether oxygens (including phenoxy) is 1. The highest BCUT2D eigenvalue weighted by molar-refractivity contribution is 5.03. The fourth-order valence-corrected chi connectivity index (χ4v) is 2.14. The van der Waals surface area contributed by atoms with E-state index in [4.69, 9.17) is 10.2 Å². The van der Waals surface area contributed by atoms with Gasteiger partial charge in [-0.2, -0.15) is 0 Å². The van der Waals surface area contributed by atoms with Gasteiger partial charge in [0, 0.05) is 21.2 Å². The SMILES string of the molecule is [2H]C1([2H])CC[C@@]2(C([2H])([2H])OC(C)C)C[C@@H](F)CN12. The predicted molar refractivity (Wildman–Crippen MR) is 54.1 cm³/mol. The monoisotopic (exact) mass is 205 g/mol. The summed E-state index contributed by atoms with van der Waals surface area (Å²) in [5, 5.41) is 0. The molecule has 2 saturated heterocycles. The Hall–Kier alpha value is -0.150. The number of halogens is 1. The fourth-order valence-electron chi connectivity index (χ4n) is 2.14. The van der Waals surface area contributed by atoms with E-state index in [-0.39, 0.29) is 25.5 Å². The van der Waals surface area contributed by atoms with Crippen molar-refractivity contribution in [2.45, 2.75) is 50.9 Å². The Bertz CT molecular complexity index is 339. The van der Waals surface area contributed by atoms with Crippen LogP contribution in [0.5, 0.6) is 0 Å². The van der Waals surface area contributed by atoms with Crippen molar-refractivity contribution in [1.29, 1.82) is 0 Å². The number of fused-ring (bicyclic) bond motifs is 1. The van der Waals surface area contributed by atoms with Gasteiger partial charge in [0.2, 0.25) is 0 Å². The van der Waals surface area contributed by atoms with E-state index in [2.05, 4.69) is 0 Å². The molecule has 0 unspecified atom stereocenters. The van der Waals surface area contributed by atoms with Crippen LogP contribution < -0.4 is 0 Å². The minimum absolute atomic E-state index is 0.00618. The quantitative estimate of drug-likeness (QED) is 0.698. The molecular weight excluding hydrogens is 181 g/mol. The first-order valence-corrected chi connectivity index (χ1v) is 5.20. The van der Waals surface area contributed by atoms with Gasteiger partial charge >= 0.3 is 0 Å². The van der Waals surface area contributed by atoms with Gasteiger partial charge < -0.3 is 4.74 Å². The van der Waals surface area contributed by atoms with Gasteiger partial charge in [-0.15, -0.1) is 0 Å². The molecule has 3 heteroatoms. The molecular formula is C11H20FNO. The lowest BCUT2D eigenvalue weighted by atomic mass is 9.95. The van der Waals surface area contributed by atoms with Gasteiger partial charge in [-0.25, -0.2) is 4.39 Å². The van der Waals surface area contributed by atoms with E-state index in [0.717, 1.165) is 0 Å². The molecule has 2 atom stereocenters. The largest absolute Gasteiger partial charge is 0.377 e. The summed E-state index contributed by atoms with van der Waals surface area (Å²) in [5.74, 6) is 0. The topological polar surface area (TPSA) is 12.5 Å². The van der Waals surface area contributed by atoms with Crippen LogP contribution in [0.15, 0.2) is 0 Å². The van der Waals surface area contributed by atoms with Gasteiger partial charge in [0.05, 0.1) is 15.4 Å². The molecule has 2 aliphatic heterocycles. The minimum atomic E-state index is -2.04. The van der Waals surface area contributed by atoms with Crippen LogP contribution in [0.1, 0.15) is 38.6 Å². The highest BCUT2D eigenvalue weighted by atomic mass is 19.1. The Balaban J connectivity index is 2.33. The van der Waals surface area contributed by atoms with E-state index < -0.39 is 24.8 Å². The van der Waals surface area contributed by atoms with E-state index in [1.54, 1.807) is 13.8 Å². The average molecular weight is 205 g/mol. The maximum Gasteiger partial charge on any atom is 0.115 e. The van der Waals surface area contributed by atoms with Gasteiger partial charge in [-0.3, -0.25) is 4.90 Å². The second-order valence-electron chi connectivity index (χ2n) is 4.37. The van der Waals surface area contributed by atoms with Crippen molar-refractivity contribution in [2.24, 2.45) is 0 Å². The molecule has 0 spiro atoms. The molecule has 0 saturated carbocycles. The molecule has 2 heterocycles. The molecule has 0 bridgehead atoms. The first-order valence-electron chi connectivity index (χ1n) is 7.20. The van der Waals surface area contributed by atoms with Crippen LogP contribution in [0.3, 0.4) is 0 Å². The van der Waals surface area contributed by atoms with Crippen molar-refractivity contribution in [2.75, 3.05) is 19.6 Å². The lowest BCUT2D eigenvalue weighted by Crippen LogP contribution is -2.43. The average Bonchev–Trinajstić information content (AvgIpc) is 2.63. The Morgan fingerprint density at radius 1 is 1.79 bits per heavy atom. The van der Waals surface area contributed by atoms with Crippen molar-refractivity contribution >= 4 is 0 Å². The first kappa shape index (κ1) is 6.44. The molecule has 0 N–H and O–H groups in total. The maximum atomic E-state index is 13.7. The summed E-state index contributed by atoms with van der Waals surface area (Å²) >= 11 is 0. The summed E-state index contributed by atoms with van der Waals surface area (Å²) in [4.78, 5) is 1.34. The van der Waals surface area contributed by atoms with Crippen molar-refractivity contribution in [1.82, 2.24) is 4.90 Å². The van der Waals surface area contributed by atoms with E-state index in [0.29, 0.717) is 6.42 Å². The predicted octanol–water partition coefficient (Wildman–Crippen LogP) is 1.99. The van der Waals surface area contributed by atoms with E-state index in [1.165, 1.54) is 4.90 Å². The van der Waals surface area contributed by atoms with Crippen LogP contribution in [0.2, 0.25) is 0 Å². The van der Waals surface area contributed by atoms with E-state index in [1.807, 2.05) is 0 Å². The Morgan fingerprint density at radius 2 is 2.57 bits per heavy atom. The van der Waals surface area contributed by atoms with Gasteiger partial charge in [-0.1, -0.05) is 0 Å². The molecule has 0 radical (unpaired) electrons. The molecule has 0 aromatic carbocycles. The summed E-state index contributed by atoms with van der Waals surface area (Å²) in [6.07, 6.45) is -0.986. The van der Waals surface area contributed by atoms with Gasteiger partial charge in [0.25, 0.3) is 0 Å². The summed E-state index contributed by atoms with van der Waals surface area (Å²) in [6, 6.07) is 0. The second-order valence-corrected chi connectivity index (χ2v) is 4.37. The smallest absolute Gasteiger partial charge is 0.115 e. The normalized spacial score (nSPS) is 47.0. The summed E-state index contributed by atoms with van der Waals surface area (Å²) in [7, 11) is 0. The van der Waals surface area contributed by atoms with Gasteiger partial charge in [-0.05, 0) is 33.2 Å². The van der Waals surface area contributed by atoms with Crippen LogP contribution in [-0.4, -0.2) is 42.3 Å². The molecule has 2 fully saturated rings. The van der Waals surface area contributed by atoms with Crippen LogP contribution in [0, 0.1) is 0 Å². The molecule has 2 rings (SSSR count). The zero-order chi connectivity index (χ0) is 13.8. The number of hydrogen-bond acceptors (Lipinski definition) is 2. The van der Waals surface area contributed by atoms with Crippen molar-refractivity contribution in [3.63, 3.8) is 0 Å². The molecule has 0 aromatic rings. The number of rotatable bonds is 3. The van der Waals surface area contributed by atoms with E-state index in [9.17, 15) is 4.39 Å². The number of nitrogens with zero attached hydrogens (tertiary/aromatic N) is 1. The standard InChI is InChI=1S/C11H20FNO/c1-9(2)14-8-11-4-3-5-13(11)7-10(12)6-11/h9-10H,3-8H2,1-2H3/t10-,11+/m1/s1/i5D2,8D2. The molecule has 0 amide bonds. The van der Waals surface area contributed by atoms with Crippen molar-refractivity contribution < 1.29 is 14.6 Å². The van der Waals surface area contributed by atoms with Crippen LogP contribution >= 0.6 is 0 Å². The first-order chi connectivity index (χ1) is 8.11. The zero-order valence-electron chi connectivity index (χ0n) is 12.7. The molecule has 82 valence electrons. The Morgan fingerprint density at radius 3 is 3.29 bits per heavy atom. The third-order valence-electron chi connectivity index (χ3n) is 2.78. The minimum Gasteiger partial charge on any atom is -0.377 e. The van der Waals surface area contributed by atoms with Crippen LogP contribution in [0.4, 0.5) is 4.39 Å². The highest BCUT2D eigenvalue weighted by Crippen LogP contribution is 2.40. The Kier molecular flexibility index (Phi) is 1.74. The third kappa shape index (κ3) is 1.80. The van der Waals surface area contributed by atoms with Gasteiger partial charge in [0.15, 0.2) is 0 Å². The third-order valence-corrected chi connectivity index (χ3v) is 2.78. The van der Waals surface area contributed by atoms with Gasteiger partial charge in [0.1, 0.15) is 6.17 Å². The lowest BCUT2D eigenvalue weighted by molar-refractivity contribution is 0.00276. The zero-order valence-corrected chi connectivity index (χ0v) is 8.72. The Labute approximate surface area is 91.0 Å². The summed E-state index contributed by atoms with van der Waals surface area (Å²) in [6.45, 7) is -0.275. The molecule has 14 heavy (non-hydrogen) atoms. The summed E-state index contributed by atoms with van der Waals surface area (Å²) < 4.78 is 51.0. The van der Waals surface area contributed by atoms with E-state index >= 15 is 0 Å². The molecule has 0 aliphatic carbocycles. The molecule has 0 aromatic heterocycles.